The maximum atomic E-state index is 13.0. The number of carbonyl (C=O) groups excluding carboxylic acids is 1. The summed E-state index contributed by atoms with van der Waals surface area (Å²) in [6.07, 6.45) is 3.76. The fourth-order valence-electron chi connectivity index (χ4n) is 4.15. The second-order valence-corrected chi connectivity index (χ2v) is 9.22. The van der Waals surface area contributed by atoms with Crippen LogP contribution in [0.25, 0.3) is 0 Å². The molecule has 0 N–H and O–H groups in total. The third-order valence-electron chi connectivity index (χ3n) is 5.57. The van der Waals surface area contributed by atoms with Crippen LogP contribution in [0.5, 0.6) is 0 Å². The quantitative estimate of drug-likeness (QED) is 0.465. The fraction of sp³-hybridized carbons (Fsp3) is 0.333. The molecule has 0 radical (unpaired) electrons. The van der Waals surface area contributed by atoms with Crippen molar-refractivity contribution in [1.29, 1.82) is 0 Å². The minimum absolute atomic E-state index is 0.337. The Balaban J connectivity index is 1.56. The van der Waals surface area contributed by atoms with Crippen LogP contribution in [-0.2, 0) is 11.3 Å². The first-order valence-corrected chi connectivity index (χ1v) is 11.2. The molecule has 5 heteroatoms. The minimum atomic E-state index is -0.591. The van der Waals surface area contributed by atoms with E-state index in [9.17, 15) is 4.79 Å². The molecule has 3 aromatic rings. The van der Waals surface area contributed by atoms with Crippen molar-refractivity contribution < 1.29 is 9.53 Å². The Bertz CT molecular complexity index is 1010. The average Bonchev–Trinajstić information content (AvgIpc) is 3.23. The van der Waals surface area contributed by atoms with Crippen molar-refractivity contribution in [3.8, 4) is 0 Å². The lowest BCUT2D eigenvalue weighted by atomic mass is 10.1. The van der Waals surface area contributed by atoms with E-state index < -0.39 is 11.7 Å². The number of ether oxygens (including phenoxy) is 1. The zero-order valence-corrected chi connectivity index (χ0v) is 19.1. The van der Waals surface area contributed by atoms with E-state index in [0.717, 1.165) is 25.2 Å². The predicted octanol–water partition coefficient (Wildman–Crippen LogP) is 6.49. The molecule has 2 heterocycles. The van der Waals surface area contributed by atoms with Crippen LogP contribution in [0.1, 0.15) is 50.8 Å². The van der Waals surface area contributed by atoms with Crippen molar-refractivity contribution in [1.82, 2.24) is 9.88 Å². The molecule has 5 nitrogen and oxygen atoms in total. The van der Waals surface area contributed by atoms with E-state index in [2.05, 4.69) is 41.3 Å². The maximum Gasteiger partial charge on any atom is 0.420 e. The third kappa shape index (κ3) is 5.35. The van der Waals surface area contributed by atoms with Crippen LogP contribution in [0, 0.1) is 0 Å². The Morgan fingerprint density at radius 2 is 1.72 bits per heavy atom. The second-order valence-electron chi connectivity index (χ2n) is 9.22. The summed E-state index contributed by atoms with van der Waals surface area (Å²) >= 11 is 0. The fourth-order valence-corrected chi connectivity index (χ4v) is 4.15. The van der Waals surface area contributed by atoms with Gasteiger partial charge < -0.3 is 4.74 Å². The van der Waals surface area contributed by atoms with Gasteiger partial charge in [0.15, 0.2) is 0 Å². The number of amides is 1. The number of aromatic nitrogens is 1. The van der Waals surface area contributed by atoms with E-state index in [-0.39, 0.29) is 0 Å². The smallest absolute Gasteiger partial charge is 0.420 e. The highest BCUT2D eigenvalue weighted by Gasteiger charge is 2.28. The number of likely N-dealkylation sites (tertiary alicyclic amines) is 1. The zero-order valence-electron chi connectivity index (χ0n) is 19.1. The largest absolute Gasteiger partial charge is 0.443 e. The lowest BCUT2D eigenvalue weighted by Gasteiger charge is -2.28. The highest BCUT2D eigenvalue weighted by molar-refractivity contribution is 5.95. The standard InChI is InChI=1S/C27H31N3O2/c1-27(2,3)32-26(31)30(23-13-8-5-9-14-23)25-17-16-22(19-28-25)24-15-10-18-29(24)20-21-11-6-4-7-12-21/h4-9,11-14,16-17,19,24H,10,15,18,20H2,1-3H3/t24-/m1/s1. The number of carbonyl (C=O) groups is 1. The summed E-state index contributed by atoms with van der Waals surface area (Å²) in [4.78, 5) is 21.7. The van der Waals surface area contributed by atoms with E-state index in [1.807, 2.05) is 63.4 Å². The lowest BCUT2D eigenvalue weighted by molar-refractivity contribution is 0.0598. The molecule has 0 saturated carbocycles. The summed E-state index contributed by atoms with van der Waals surface area (Å²) in [5, 5.41) is 0. The first-order chi connectivity index (χ1) is 15.4. The molecule has 1 aliphatic heterocycles. The molecule has 4 rings (SSSR count). The molecule has 0 bridgehead atoms. The number of anilines is 2. The molecular weight excluding hydrogens is 398 g/mol. The molecule has 1 saturated heterocycles. The maximum absolute atomic E-state index is 13.0. The number of pyridine rings is 1. The van der Waals surface area contributed by atoms with Crippen LogP contribution in [0.15, 0.2) is 79.0 Å². The number of hydrogen-bond donors (Lipinski definition) is 0. The molecule has 0 spiro atoms. The topological polar surface area (TPSA) is 45.7 Å². The first kappa shape index (κ1) is 22.0. The lowest BCUT2D eigenvalue weighted by Crippen LogP contribution is -2.34. The summed E-state index contributed by atoms with van der Waals surface area (Å²) in [5.41, 5.74) is 2.64. The average molecular weight is 430 g/mol. The molecule has 32 heavy (non-hydrogen) atoms. The third-order valence-corrected chi connectivity index (χ3v) is 5.57. The van der Waals surface area contributed by atoms with Gasteiger partial charge in [-0.1, -0.05) is 54.6 Å². The number of para-hydroxylation sites is 1. The van der Waals surface area contributed by atoms with Gasteiger partial charge in [0.25, 0.3) is 0 Å². The van der Waals surface area contributed by atoms with Crippen molar-refractivity contribution in [2.45, 2.75) is 51.8 Å². The molecule has 166 valence electrons. The minimum Gasteiger partial charge on any atom is -0.443 e. The van der Waals surface area contributed by atoms with Gasteiger partial charge in [0.1, 0.15) is 11.4 Å². The predicted molar refractivity (Wildman–Crippen MR) is 128 cm³/mol. The summed E-state index contributed by atoms with van der Waals surface area (Å²) in [7, 11) is 0. The van der Waals surface area contributed by atoms with Gasteiger partial charge in [0.2, 0.25) is 0 Å². The van der Waals surface area contributed by atoms with Crippen molar-refractivity contribution >= 4 is 17.6 Å². The van der Waals surface area contributed by atoms with Gasteiger partial charge in [0.05, 0.1) is 5.69 Å². The number of nitrogens with zero attached hydrogens (tertiary/aromatic N) is 3. The van der Waals surface area contributed by atoms with Crippen LogP contribution in [0.2, 0.25) is 0 Å². The van der Waals surface area contributed by atoms with Gasteiger partial charge in [-0.3, -0.25) is 4.90 Å². The molecular formula is C27H31N3O2. The number of benzene rings is 2. The molecule has 0 aliphatic carbocycles. The Morgan fingerprint density at radius 1 is 1.03 bits per heavy atom. The molecule has 1 fully saturated rings. The van der Waals surface area contributed by atoms with E-state index in [1.54, 1.807) is 0 Å². The first-order valence-electron chi connectivity index (χ1n) is 11.2. The molecule has 1 atom stereocenters. The zero-order chi connectivity index (χ0) is 22.6. The summed E-state index contributed by atoms with van der Waals surface area (Å²) in [6.45, 7) is 7.61. The van der Waals surface area contributed by atoms with Crippen LogP contribution >= 0.6 is 0 Å². The van der Waals surface area contributed by atoms with Crippen molar-refractivity contribution in [3.05, 3.63) is 90.1 Å². The van der Waals surface area contributed by atoms with Crippen LogP contribution in [-0.4, -0.2) is 28.1 Å². The van der Waals surface area contributed by atoms with E-state index in [4.69, 9.17) is 9.72 Å². The SMILES string of the molecule is CC(C)(C)OC(=O)N(c1ccccc1)c1ccc([C@H]2CCCN2Cc2ccccc2)cn1. The van der Waals surface area contributed by atoms with Gasteiger partial charge in [-0.05, 0) is 69.5 Å². The molecule has 1 amide bonds. The van der Waals surface area contributed by atoms with Crippen molar-refractivity contribution in [2.24, 2.45) is 0 Å². The van der Waals surface area contributed by atoms with Crippen LogP contribution in [0.4, 0.5) is 16.3 Å². The van der Waals surface area contributed by atoms with Crippen molar-refractivity contribution in [2.75, 3.05) is 11.4 Å². The Labute approximate surface area is 190 Å². The number of hydrogen-bond acceptors (Lipinski definition) is 4. The Hall–Kier alpha value is -3.18. The van der Waals surface area contributed by atoms with Gasteiger partial charge in [-0.15, -0.1) is 0 Å². The number of rotatable bonds is 5. The van der Waals surface area contributed by atoms with E-state index >= 15 is 0 Å². The molecule has 0 unspecified atom stereocenters. The van der Waals surface area contributed by atoms with Gasteiger partial charge in [-0.25, -0.2) is 14.7 Å². The summed E-state index contributed by atoms with van der Waals surface area (Å²) in [6, 6.07) is 24.4. The van der Waals surface area contributed by atoms with Crippen LogP contribution < -0.4 is 4.90 Å². The molecule has 1 aromatic heterocycles. The van der Waals surface area contributed by atoms with Gasteiger partial charge in [-0.2, -0.15) is 0 Å². The Kier molecular flexibility index (Phi) is 6.56. The Morgan fingerprint density at radius 3 is 2.34 bits per heavy atom. The van der Waals surface area contributed by atoms with E-state index in [0.29, 0.717) is 11.9 Å². The summed E-state index contributed by atoms with van der Waals surface area (Å²) in [5.74, 6) is 0.557. The second kappa shape index (κ2) is 9.53. The highest BCUT2D eigenvalue weighted by Crippen LogP contribution is 2.34. The van der Waals surface area contributed by atoms with Gasteiger partial charge >= 0.3 is 6.09 Å². The highest BCUT2D eigenvalue weighted by atomic mass is 16.6. The molecule has 2 aromatic carbocycles. The molecule has 1 aliphatic rings. The summed E-state index contributed by atoms with van der Waals surface area (Å²) < 4.78 is 5.66. The van der Waals surface area contributed by atoms with Crippen molar-refractivity contribution in [3.63, 3.8) is 0 Å². The normalized spacial score (nSPS) is 16.7. The monoisotopic (exact) mass is 429 g/mol. The van der Waals surface area contributed by atoms with Crippen LogP contribution in [0.3, 0.4) is 0 Å². The van der Waals surface area contributed by atoms with E-state index in [1.165, 1.54) is 22.4 Å². The van der Waals surface area contributed by atoms with Gasteiger partial charge in [0, 0.05) is 18.8 Å².